The number of ether oxygens (including phenoxy) is 1. The zero-order chi connectivity index (χ0) is 33.8. The number of fused-ring (bicyclic) bond motifs is 7. The summed E-state index contributed by atoms with van der Waals surface area (Å²) < 4.78 is 5.20. The largest absolute Gasteiger partial charge is 0.390 e. The first-order chi connectivity index (χ1) is 21.2. The van der Waals surface area contributed by atoms with Gasteiger partial charge in [0.1, 0.15) is 31.0 Å². The van der Waals surface area contributed by atoms with Gasteiger partial charge in [0.15, 0.2) is 6.29 Å². The van der Waals surface area contributed by atoms with E-state index in [0.29, 0.717) is 31.1 Å². The Morgan fingerprint density at radius 3 is 2.22 bits per heavy atom. The molecule has 0 radical (unpaired) electrons. The van der Waals surface area contributed by atoms with E-state index in [1.54, 1.807) is 0 Å². The number of carbonyl (C=O) groups is 1. The van der Waals surface area contributed by atoms with E-state index in [4.69, 9.17) is 14.5 Å². The van der Waals surface area contributed by atoms with Gasteiger partial charge in [0.2, 0.25) is 0 Å². The molecule has 262 valence electrons. The normalized spacial score (nSPS) is 52.7. The fraction of sp³-hybridized carbons (Fsp3) is 0.917. The van der Waals surface area contributed by atoms with Crippen molar-refractivity contribution < 1.29 is 49.9 Å². The molecule has 1 heterocycles. The number of carbonyl (C=O) groups excluding carboxylic acids is 1. The average Bonchev–Trinajstić information content (AvgIpc) is 2.97. The van der Waals surface area contributed by atoms with Gasteiger partial charge in [-0.15, -0.1) is 0 Å². The number of rotatable bonds is 4. The molecule has 6 aliphatic rings. The predicted octanol–water partition coefficient (Wildman–Crippen LogP) is 3.39. The van der Waals surface area contributed by atoms with Gasteiger partial charge in [-0.25, -0.2) is 4.79 Å². The van der Waals surface area contributed by atoms with Crippen LogP contribution >= 0.6 is 0 Å². The maximum Gasteiger partial charge on any atom is 0.349 e. The van der Waals surface area contributed by atoms with Crippen molar-refractivity contribution in [2.45, 2.75) is 149 Å². The SMILES string of the molecule is CC1(C)CCC2(C(=O)OOCC3OC(O)C(O)C(O)C3O)CCC3(C)C(=CCC4C5(C)CC(O)C(O)C(C)(C)C5CCC43C)C2C1. The van der Waals surface area contributed by atoms with Crippen molar-refractivity contribution in [3.05, 3.63) is 11.6 Å². The van der Waals surface area contributed by atoms with E-state index in [-0.39, 0.29) is 33.0 Å². The van der Waals surface area contributed by atoms with Gasteiger partial charge in [0.05, 0.1) is 17.6 Å². The highest BCUT2D eigenvalue weighted by Gasteiger charge is 2.70. The molecule has 5 aliphatic carbocycles. The van der Waals surface area contributed by atoms with E-state index in [1.165, 1.54) is 5.57 Å². The molecule has 6 rings (SSSR count). The van der Waals surface area contributed by atoms with Gasteiger partial charge in [-0.05, 0) is 103 Å². The molecule has 0 spiro atoms. The Hall–Kier alpha value is -1.11. The Morgan fingerprint density at radius 2 is 1.52 bits per heavy atom. The topological polar surface area (TPSA) is 166 Å². The third-order valence-electron chi connectivity index (χ3n) is 15.0. The average molecular weight is 651 g/mol. The second-order valence-electron chi connectivity index (χ2n) is 18.1. The minimum absolute atomic E-state index is 0.0278. The van der Waals surface area contributed by atoms with Crippen LogP contribution in [-0.2, 0) is 19.3 Å². The Morgan fingerprint density at radius 1 is 0.848 bits per heavy atom. The molecule has 1 saturated heterocycles. The van der Waals surface area contributed by atoms with Crippen LogP contribution < -0.4 is 0 Å². The first-order valence-electron chi connectivity index (χ1n) is 17.5. The fourth-order valence-electron chi connectivity index (χ4n) is 12.1. The zero-order valence-electron chi connectivity index (χ0n) is 28.7. The van der Waals surface area contributed by atoms with Crippen molar-refractivity contribution in [3.63, 3.8) is 0 Å². The molecular weight excluding hydrogens is 592 g/mol. The van der Waals surface area contributed by atoms with Crippen molar-refractivity contribution in [3.8, 4) is 0 Å². The van der Waals surface area contributed by atoms with Crippen molar-refractivity contribution in [1.29, 1.82) is 0 Å². The van der Waals surface area contributed by atoms with E-state index in [2.05, 4.69) is 54.5 Å². The number of allylic oxidation sites excluding steroid dienone is 2. The zero-order valence-corrected chi connectivity index (χ0v) is 28.7. The van der Waals surface area contributed by atoms with Gasteiger partial charge in [-0.1, -0.05) is 60.1 Å². The first kappa shape index (κ1) is 34.7. The van der Waals surface area contributed by atoms with Gasteiger partial charge < -0.3 is 35.4 Å². The summed E-state index contributed by atoms with van der Waals surface area (Å²) in [5, 5.41) is 62.1. The van der Waals surface area contributed by atoms with E-state index in [9.17, 15) is 35.4 Å². The van der Waals surface area contributed by atoms with Crippen LogP contribution in [0.25, 0.3) is 0 Å². The van der Waals surface area contributed by atoms with E-state index >= 15 is 0 Å². The van der Waals surface area contributed by atoms with Crippen molar-refractivity contribution >= 4 is 5.97 Å². The Bertz CT molecular complexity index is 1230. The van der Waals surface area contributed by atoms with Crippen LogP contribution in [0.5, 0.6) is 0 Å². The highest BCUT2D eigenvalue weighted by Crippen LogP contribution is 2.75. The molecule has 0 bridgehead atoms. The smallest absolute Gasteiger partial charge is 0.349 e. The number of hydrogen-bond acceptors (Lipinski definition) is 10. The molecule has 4 saturated carbocycles. The van der Waals surface area contributed by atoms with Gasteiger partial charge in [-0.3, -0.25) is 4.89 Å². The minimum Gasteiger partial charge on any atom is -0.390 e. The maximum absolute atomic E-state index is 14.1. The highest BCUT2D eigenvalue weighted by molar-refractivity contribution is 5.78. The molecule has 14 atom stereocenters. The third-order valence-corrected chi connectivity index (χ3v) is 15.0. The van der Waals surface area contributed by atoms with Crippen molar-refractivity contribution in [2.24, 2.45) is 50.2 Å². The molecule has 1 aliphatic heterocycles. The predicted molar refractivity (Wildman–Crippen MR) is 167 cm³/mol. The molecule has 0 aromatic heterocycles. The standard InChI is InChI=1S/C36H58O10/c1-31(2)12-14-36(30(43)46-44-18-22-25(38)26(39)27(40)29(42)45-22)15-13-34(6)19(20(36)16-31)8-9-24-33(5)17-21(37)28(41)32(3,4)23(33)10-11-35(24,34)7/h8,20-29,37-42H,9-18H2,1-7H3. The summed E-state index contributed by atoms with van der Waals surface area (Å²) >= 11 is 0. The third kappa shape index (κ3) is 4.83. The van der Waals surface area contributed by atoms with Crippen LogP contribution in [0.2, 0.25) is 0 Å². The molecule has 0 aromatic rings. The Kier molecular flexibility index (Phi) is 8.46. The van der Waals surface area contributed by atoms with Crippen LogP contribution in [0, 0.1) is 50.2 Å². The summed E-state index contributed by atoms with van der Waals surface area (Å²) in [4.78, 5) is 25.0. The summed E-state index contributed by atoms with van der Waals surface area (Å²) in [6.45, 7) is 15.6. The lowest BCUT2D eigenvalue weighted by molar-refractivity contribution is -0.333. The molecule has 14 unspecified atom stereocenters. The quantitative estimate of drug-likeness (QED) is 0.151. The van der Waals surface area contributed by atoms with E-state index < -0.39 is 60.9 Å². The van der Waals surface area contributed by atoms with Crippen LogP contribution in [0.1, 0.15) is 106 Å². The lowest BCUT2D eigenvalue weighted by atomic mass is 9.33. The van der Waals surface area contributed by atoms with E-state index in [0.717, 1.165) is 38.5 Å². The Balaban J connectivity index is 1.28. The van der Waals surface area contributed by atoms with Crippen LogP contribution in [0.15, 0.2) is 11.6 Å². The minimum atomic E-state index is -1.70. The molecule has 5 fully saturated rings. The second kappa shape index (κ2) is 11.2. The molecule has 0 amide bonds. The summed E-state index contributed by atoms with van der Waals surface area (Å²) in [5.74, 6) is 0.173. The van der Waals surface area contributed by atoms with Gasteiger partial charge >= 0.3 is 5.97 Å². The van der Waals surface area contributed by atoms with Crippen LogP contribution in [0.3, 0.4) is 0 Å². The van der Waals surface area contributed by atoms with Crippen molar-refractivity contribution in [1.82, 2.24) is 0 Å². The van der Waals surface area contributed by atoms with Crippen LogP contribution in [-0.4, -0.2) is 86.1 Å². The monoisotopic (exact) mass is 650 g/mol. The number of hydrogen-bond donors (Lipinski definition) is 6. The molecule has 10 heteroatoms. The van der Waals surface area contributed by atoms with Gasteiger partial charge in [0.25, 0.3) is 0 Å². The summed E-state index contributed by atoms with van der Waals surface area (Å²) in [6, 6.07) is 0. The van der Waals surface area contributed by atoms with Gasteiger partial charge in [0, 0.05) is 0 Å². The van der Waals surface area contributed by atoms with E-state index in [1.807, 2.05) is 0 Å². The van der Waals surface area contributed by atoms with Crippen molar-refractivity contribution in [2.75, 3.05) is 6.61 Å². The second-order valence-corrected chi connectivity index (χ2v) is 18.1. The molecule has 46 heavy (non-hydrogen) atoms. The maximum atomic E-state index is 14.1. The molecular formula is C36H58O10. The molecule has 6 N–H and O–H groups in total. The lowest BCUT2D eigenvalue weighted by Crippen LogP contribution is -2.67. The fourth-order valence-corrected chi connectivity index (χ4v) is 12.1. The highest BCUT2D eigenvalue weighted by atomic mass is 17.2. The number of aliphatic hydroxyl groups is 6. The Labute approximate surface area is 273 Å². The van der Waals surface area contributed by atoms with Crippen LogP contribution in [0.4, 0.5) is 0 Å². The lowest BCUT2D eigenvalue weighted by Gasteiger charge is -2.71. The summed E-state index contributed by atoms with van der Waals surface area (Å²) in [7, 11) is 0. The molecule has 10 nitrogen and oxygen atoms in total. The summed E-state index contributed by atoms with van der Waals surface area (Å²) in [5.41, 5.74) is -0.0787. The van der Waals surface area contributed by atoms with Gasteiger partial charge in [-0.2, -0.15) is 4.89 Å². The first-order valence-corrected chi connectivity index (χ1v) is 17.5. The number of aliphatic hydroxyl groups excluding tert-OH is 6. The molecule has 0 aromatic carbocycles. The summed E-state index contributed by atoms with van der Waals surface area (Å²) in [6.07, 6.45) is 0.642.